The zero-order chi connectivity index (χ0) is 13.8. The molecule has 0 fully saturated rings. The van der Waals surface area contributed by atoms with Gasteiger partial charge in [0.1, 0.15) is 5.75 Å². The second-order valence-corrected chi connectivity index (χ2v) is 4.78. The normalized spacial score (nSPS) is 10.8. The van der Waals surface area contributed by atoms with Gasteiger partial charge in [-0.3, -0.25) is 4.79 Å². The van der Waals surface area contributed by atoms with Crippen molar-refractivity contribution >= 4 is 35.1 Å². The van der Waals surface area contributed by atoms with E-state index in [2.05, 4.69) is 0 Å². The summed E-state index contributed by atoms with van der Waals surface area (Å²) in [6.45, 7) is 0. The summed E-state index contributed by atoms with van der Waals surface area (Å²) in [4.78, 5) is 11.9. The maximum atomic E-state index is 11.9. The molecule has 0 amide bonds. The van der Waals surface area contributed by atoms with Crippen molar-refractivity contribution in [3.63, 3.8) is 0 Å². The predicted octanol–water partition coefficient (Wildman–Crippen LogP) is 4.60. The summed E-state index contributed by atoms with van der Waals surface area (Å²) >= 11 is 11.5. The number of ketones is 1. The van der Waals surface area contributed by atoms with Crippen LogP contribution in [0.4, 0.5) is 0 Å². The van der Waals surface area contributed by atoms with Gasteiger partial charge in [-0.05, 0) is 42.0 Å². The molecule has 1 N–H and O–H groups in total. The Labute approximate surface area is 120 Å². The van der Waals surface area contributed by atoms with Crippen LogP contribution in [0.25, 0.3) is 6.08 Å². The summed E-state index contributed by atoms with van der Waals surface area (Å²) < 4.78 is 0. The van der Waals surface area contributed by atoms with Gasteiger partial charge in [-0.15, -0.1) is 0 Å². The largest absolute Gasteiger partial charge is 0.507 e. The Hall–Kier alpha value is -1.77. The molecule has 0 saturated carbocycles. The molecule has 2 aromatic carbocycles. The first-order valence-corrected chi connectivity index (χ1v) is 6.28. The summed E-state index contributed by atoms with van der Waals surface area (Å²) in [7, 11) is 0. The average molecular weight is 293 g/mol. The molecular formula is C15H10Cl2O2. The van der Waals surface area contributed by atoms with E-state index in [0.717, 1.165) is 5.56 Å². The number of phenols is 1. The summed E-state index contributed by atoms with van der Waals surface area (Å²) in [5.74, 6) is -0.414. The van der Waals surface area contributed by atoms with Crippen LogP contribution >= 0.6 is 23.2 Å². The molecule has 0 bridgehead atoms. The van der Waals surface area contributed by atoms with E-state index in [0.29, 0.717) is 10.0 Å². The van der Waals surface area contributed by atoms with Crippen LogP contribution < -0.4 is 0 Å². The number of hydrogen-bond donors (Lipinski definition) is 1. The lowest BCUT2D eigenvalue weighted by Crippen LogP contribution is -1.94. The zero-order valence-corrected chi connectivity index (χ0v) is 11.3. The lowest BCUT2D eigenvalue weighted by molar-refractivity contribution is 0.104. The van der Waals surface area contributed by atoms with Crippen molar-refractivity contribution in [1.82, 2.24) is 0 Å². The number of aromatic hydroxyl groups is 1. The van der Waals surface area contributed by atoms with Crippen LogP contribution in [0.2, 0.25) is 10.0 Å². The topological polar surface area (TPSA) is 37.3 Å². The molecular weight excluding hydrogens is 283 g/mol. The number of phenolic OH excluding ortho intramolecular Hbond substituents is 1. The monoisotopic (exact) mass is 292 g/mol. The lowest BCUT2D eigenvalue weighted by Gasteiger charge is -2.00. The summed E-state index contributed by atoms with van der Waals surface area (Å²) in [5.41, 5.74) is 1.07. The Morgan fingerprint density at radius 2 is 1.63 bits per heavy atom. The highest BCUT2D eigenvalue weighted by molar-refractivity contribution is 6.31. The minimum Gasteiger partial charge on any atom is -0.507 e. The Bertz CT molecular complexity index is 631. The maximum absolute atomic E-state index is 11.9. The molecule has 96 valence electrons. The fourth-order valence-electron chi connectivity index (χ4n) is 1.55. The molecule has 0 saturated heterocycles. The summed E-state index contributed by atoms with van der Waals surface area (Å²) in [5, 5.41) is 10.7. The quantitative estimate of drug-likeness (QED) is 0.663. The molecule has 2 aromatic rings. The highest BCUT2D eigenvalue weighted by atomic mass is 35.5. The van der Waals surface area contributed by atoms with Crippen LogP contribution in [0.5, 0.6) is 5.75 Å². The highest BCUT2D eigenvalue weighted by Gasteiger charge is 2.08. The number of hydrogen-bond acceptors (Lipinski definition) is 2. The van der Waals surface area contributed by atoms with E-state index in [1.807, 2.05) is 0 Å². The summed E-state index contributed by atoms with van der Waals surface area (Å²) in [6.07, 6.45) is 3.05. The third kappa shape index (κ3) is 3.60. The smallest absolute Gasteiger partial charge is 0.189 e. The second-order valence-electron chi connectivity index (χ2n) is 3.91. The molecule has 0 aliphatic carbocycles. The maximum Gasteiger partial charge on any atom is 0.189 e. The number of halogens is 2. The van der Waals surface area contributed by atoms with Gasteiger partial charge in [0, 0.05) is 10.0 Å². The fourth-order valence-corrected chi connectivity index (χ4v) is 1.84. The lowest BCUT2D eigenvalue weighted by atomic mass is 10.1. The Morgan fingerprint density at radius 3 is 2.26 bits per heavy atom. The van der Waals surface area contributed by atoms with Crippen LogP contribution in [-0.4, -0.2) is 10.9 Å². The third-order valence-corrected chi connectivity index (χ3v) is 3.01. The van der Waals surface area contributed by atoms with E-state index in [9.17, 15) is 9.90 Å². The molecule has 0 atom stereocenters. The number of allylic oxidation sites excluding steroid dienone is 1. The highest BCUT2D eigenvalue weighted by Crippen LogP contribution is 2.22. The van der Waals surface area contributed by atoms with Crippen LogP contribution in [0.3, 0.4) is 0 Å². The van der Waals surface area contributed by atoms with Gasteiger partial charge in [-0.1, -0.05) is 41.4 Å². The van der Waals surface area contributed by atoms with Gasteiger partial charge in [-0.25, -0.2) is 0 Å². The van der Waals surface area contributed by atoms with Crippen molar-refractivity contribution in [2.75, 3.05) is 0 Å². The van der Waals surface area contributed by atoms with Crippen molar-refractivity contribution in [3.8, 4) is 5.75 Å². The Balaban J connectivity index is 2.18. The van der Waals surface area contributed by atoms with Crippen molar-refractivity contribution in [3.05, 3.63) is 69.7 Å². The van der Waals surface area contributed by atoms with Gasteiger partial charge in [0.25, 0.3) is 0 Å². The van der Waals surface area contributed by atoms with Crippen LogP contribution in [-0.2, 0) is 0 Å². The molecule has 0 unspecified atom stereocenters. The van der Waals surface area contributed by atoms with Crippen LogP contribution in [0, 0.1) is 0 Å². The minimum atomic E-state index is -0.288. The van der Waals surface area contributed by atoms with E-state index < -0.39 is 0 Å². The minimum absolute atomic E-state index is 0.127. The number of carbonyl (C=O) groups excluding carboxylic acids is 1. The number of benzene rings is 2. The molecule has 0 radical (unpaired) electrons. The fraction of sp³-hybridized carbons (Fsp3) is 0. The summed E-state index contributed by atoms with van der Waals surface area (Å²) in [6, 6.07) is 11.5. The number of rotatable bonds is 3. The van der Waals surface area contributed by atoms with Gasteiger partial charge in [0.2, 0.25) is 0 Å². The van der Waals surface area contributed by atoms with E-state index in [4.69, 9.17) is 23.2 Å². The van der Waals surface area contributed by atoms with Crippen molar-refractivity contribution in [1.29, 1.82) is 0 Å². The first-order valence-electron chi connectivity index (χ1n) is 5.53. The second kappa shape index (κ2) is 5.91. The van der Waals surface area contributed by atoms with E-state index in [1.54, 1.807) is 36.4 Å². The molecule has 4 heteroatoms. The first-order chi connectivity index (χ1) is 9.06. The predicted molar refractivity (Wildman–Crippen MR) is 77.9 cm³/mol. The average Bonchev–Trinajstić information content (AvgIpc) is 2.37. The van der Waals surface area contributed by atoms with Gasteiger partial charge in [-0.2, -0.15) is 0 Å². The van der Waals surface area contributed by atoms with Gasteiger partial charge in [0.05, 0.1) is 5.56 Å². The van der Waals surface area contributed by atoms with Crippen LogP contribution in [0.1, 0.15) is 15.9 Å². The van der Waals surface area contributed by atoms with Gasteiger partial charge < -0.3 is 5.11 Å². The molecule has 19 heavy (non-hydrogen) atoms. The van der Waals surface area contributed by atoms with Crippen molar-refractivity contribution in [2.45, 2.75) is 0 Å². The molecule has 2 nitrogen and oxygen atoms in total. The van der Waals surface area contributed by atoms with E-state index >= 15 is 0 Å². The SMILES string of the molecule is O=C(/C=C/c1ccc(Cl)cc1)c1ccc(Cl)cc1O. The third-order valence-electron chi connectivity index (χ3n) is 2.52. The molecule has 0 aromatic heterocycles. The van der Waals surface area contributed by atoms with E-state index in [-0.39, 0.29) is 17.1 Å². The van der Waals surface area contributed by atoms with Gasteiger partial charge >= 0.3 is 0 Å². The van der Waals surface area contributed by atoms with E-state index in [1.165, 1.54) is 18.2 Å². The van der Waals surface area contributed by atoms with Gasteiger partial charge in [0.15, 0.2) is 5.78 Å². The standard InChI is InChI=1S/C15H10Cl2O2/c16-11-4-1-10(2-5-11)3-8-14(18)13-7-6-12(17)9-15(13)19/h1-9,19H/b8-3+. The molecule has 0 aliphatic heterocycles. The van der Waals surface area contributed by atoms with Crippen molar-refractivity contribution in [2.24, 2.45) is 0 Å². The molecule has 0 spiro atoms. The molecule has 0 aliphatic rings. The zero-order valence-electron chi connectivity index (χ0n) is 9.81. The Morgan fingerprint density at radius 1 is 1.00 bits per heavy atom. The first kappa shape index (κ1) is 13.7. The molecule has 2 rings (SSSR count). The van der Waals surface area contributed by atoms with Crippen molar-refractivity contribution < 1.29 is 9.90 Å². The molecule has 0 heterocycles. The number of carbonyl (C=O) groups is 1. The Kier molecular flexibility index (Phi) is 4.25. The van der Waals surface area contributed by atoms with Crippen LogP contribution in [0.15, 0.2) is 48.5 Å².